The second kappa shape index (κ2) is 2.61. The van der Waals surface area contributed by atoms with E-state index in [1.165, 1.54) is 18.2 Å². The predicted octanol–water partition coefficient (Wildman–Crippen LogP) is 1.29. The van der Waals surface area contributed by atoms with Crippen LogP contribution in [0.25, 0.3) is 0 Å². The van der Waals surface area contributed by atoms with Crippen molar-refractivity contribution in [1.29, 1.82) is 0 Å². The lowest BCUT2D eigenvalue weighted by molar-refractivity contribution is -0.195. The molecule has 3 nitrogen and oxygen atoms in total. The van der Waals surface area contributed by atoms with Crippen molar-refractivity contribution in [2.45, 2.75) is 11.8 Å². The maximum Gasteiger partial charge on any atom is 0.425 e. The number of anilines is 1. The highest BCUT2D eigenvalue weighted by Gasteiger charge is 2.56. The molecule has 14 heavy (non-hydrogen) atoms. The molecule has 1 atom stereocenters. The fourth-order valence-corrected chi connectivity index (χ4v) is 1.39. The van der Waals surface area contributed by atoms with Crippen molar-refractivity contribution in [1.82, 2.24) is 5.43 Å². The lowest BCUT2D eigenvalue weighted by Gasteiger charge is -2.27. The summed E-state index contributed by atoms with van der Waals surface area (Å²) >= 11 is 0. The van der Waals surface area contributed by atoms with Crippen molar-refractivity contribution in [2.24, 2.45) is 5.73 Å². The number of benzene rings is 1. The van der Waals surface area contributed by atoms with Gasteiger partial charge in [0.1, 0.15) is 0 Å². The lowest BCUT2D eigenvalue weighted by atomic mass is 10.0. The van der Waals surface area contributed by atoms with E-state index in [1.54, 1.807) is 6.07 Å². The summed E-state index contributed by atoms with van der Waals surface area (Å²) in [6, 6.07) is 6.02. The SMILES string of the molecule is NC1(C(F)(F)F)NNc2ccccc21. The fraction of sp³-hybridized carbons (Fsp3) is 0.250. The zero-order valence-corrected chi connectivity index (χ0v) is 7.02. The van der Waals surface area contributed by atoms with Gasteiger partial charge in [-0.05, 0) is 6.07 Å². The molecule has 0 saturated carbocycles. The first kappa shape index (κ1) is 9.29. The van der Waals surface area contributed by atoms with Crippen LogP contribution < -0.4 is 16.6 Å². The highest BCUT2D eigenvalue weighted by molar-refractivity contribution is 5.58. The third kappa shape index (κ3) is 1.08. The molecule has 6 heteroatoms. The number of para-hydroxylation sites is 1. The summed E-state index contributed by atoms with van der Waals surface area (Å²) in [7, 11) is 0. The Labute approximate surface area is 78.1 Å². The van der Waals surface area contributed by atoms with Crippen molar-refractivity contribution in [2.75, 3.05) is 5.43 Å². The van der Waals surface area contributed by atoms with Crippen molar-refractivity contribution >= 4 is 5.69 Å². The maximum atomic E-state index is 12.6. The molecule has 0 bridgehead atoms. The van der Waals surface area contributed by atoms with Gasteiger partial charge in [0.25, 0.3) is 0 Å². The van der Waals surface area contributed by atoms with Crippen LogP contribution in [0, 0.1) is 0 Å². The normalized spacial score (nSPS) is 25.7. The van der Waals surface area contributed by atoms with Gasteiger partial charge in [-0.15, -0.1) is 0 Å². The number of rotatable bonds is 0. The number of hydrogen-bond acceptors (Lipinski definition) is 3. The number of hydrogen-bond donors (Lipinski definition) is 3. The van der Waals surface area contributed by atoms with Gasteiger partial charge in [-0.1, -0.05) is 18.2 Å². The number of alkyl halides is 3. The van der Waals surface area contributed by atoms with Crippen LogP contribution in [0.5, 0.6) is 0 Å². The van der Waals surface area contributed by atoms with E-state index in [0.29, 0.717) is 5.69 Å². The smallest absolute Gasteiger partial charge is 0.319 e. The zero-order valence-electron chi connectivity index (χ0n) is 7.02. The van der Waals surface area contributed by atoms with Crippen molar-refractivity contribution in [3.05, 3.63) is 29.8 Å². The minimum Gasteiger partial charge on any atom is -0.319 e. The second-order valence-electron chi connectivity index (χ2n) is 3.10. The van der Waals surface area contributed by atoms with E-state index in [0.717, 1.165) is 0 Å². The molecule has 1 heterocycles. The van der Waals surface area contributed by atoms with Gasteiger partial charge in [0, 0.05) is 5.56 Å². The van der Waals surface area contributed by atoms with Gasteiger partial charge in [0.05, 0.1) is 5.69 Å². The average molecular weight is 203 g/mol. The lowest BCUT2D eigenvalue weighted by Crippen LogP contribution is -2.58. The Bertz CT molecular complexity index is 363. The number of nitrogens with one attached hydrogen (secondary N) is 2. The maximum absolute atomic E-state index is 12.6. The molecule has 0 aromatic heterocycles. The van der Waals surface area contributed by atoms with E-state index in [4.69, 9.17) is 5.73 Å². The van der Waals surface area contributed by atoms with Crippen LogP contribution in [0.4, 0.5) is 18.9 Å². The van der Waals surface area contributed by atoms with E-state index in [9.17, 15) is 13.2 Å². The largest absolute Gasteiger partial charge is 0.425 e. The van der Waals surface area contributed by atoms with E-state index < -0.39 is 11.8 Å². The van der Waals surface area contributed by atoms with Crippen LogP contribution in [-0.4, -0.2) is 6.18 Å². The van der Waals surface area contributed by atoms with Gasteiger partial charge in [-0.3, -0.25) is 0 Å². The summed E-state index contributed by atoms with van der Waals surface area (Å²) in [6.45, 7) is 0. The minimum absolute atomic E-state index is 0.00694. The van der Waals surface area contributed by atoms with Crippen LogP contribution >= 0.6 is 0 Å². The van der Waals surface area contributed by atoms with Crippen molar-refractivity contribution in [3.63, 3.8) is 0 Å². The van der Waals surface area contributed by atoms with Gasteiger partial charge < -0.3 is 11.2 Å². The Kier molecular flexibility index (Phi) is 1.73. The molecule has 4 N–H and O–H groups in total. The summed E-state index contributed by atoms with van der Waals surface area (Å²) in [5, 5.41) is 0. The van der Waals surface area contributed by atoms with E-state index in [1.807, 2.05) is 5.43 Å². The molecule has 76 valence electrons. The van der Waals surface area contributed by atoms with E-state index in [2.05, 4.69) is 5.43 Å². The molecular weight excluding hydrogens is 195 g/mol. The summed E-state index contributed by atoms with van der Waals surface area (Å²) in [5.41, 5.74) is 7.56. The van der Waals surface area contributed by atoms with Gasteiger partial charge in [-0.2, -0.15) is 13.2 Å². The van der Waals surface area contributed by atoms with Crippen molar-refractivity contribution in [3.8, 4) is 0 Å². The minimum atomic E-state index is -4.54. The molecule has 1 aromatic carbocycles. The Hall–Kier alpha value is -1.27. The molecule has 0 saturated heterocycles. The van der Waals surface area contributed by atoms with Crippen LogP contribution in [0.2, 0.25) is 0 Å². The highest BCUT2D eigenvalue weighted by Crippen LogP contribution is 2.40. The first-order valence-corrected chi connectivity index (χ1v) is 3.93. The summed E-state index contributed by atoms with van der Waals surface area (Å²) in [6.07, 6.45) is -4.54. The van der Waals surface area contributed by atoms with Gasteiger partial charge in [-0.25, -0.2) is 5.43 Å². The van der Waals surface area contributed by atoms with Crippen LogP contribution in [-0.2, 0) is 5.66 Å². The number of hydrazine groups is 1. The van der Waals surface area contributed by atoms with Gasteiger partial charge in [0.2, 0.25) is 5.66 Å². The fourth-order valence-electron chi connectivity index (χ4n) is 1.39. The second-order valence-corrected chi connectivity index (χ2v) is 3.10. The molecule has 1 unspecified atom stereocenters. The first-order chi connectivity index (χ1) is 6.45. The summed E-state index contributed by atoms with van der Waals surface area (Å²) in [5.74, 6) is 0. The Morgan fingerprint density at radius 2 is 1.86 bits per heavy atom. The highest BCUT2D eigenvalue weighted by atomic mass is 19.4. The van der Waals surface area contributed by atoms with E-state index >= 15 is 0 Å². The third-order valence-corrected chi connectivity index (χ3v) is 2.19. The Morgan fingerprint density at radius 3 is 2.50 bits per heavy atom. The molecule has 1 aromatic rings. The van der Waals surface area contributed by atoms with Crippen molar-refractivity contribution < 1.29 is 13.2 Å². The Balaban J connectivity index is 2.53. The van der Waals surface area contributed by atoms with Crippen LogP contribution in [0.15, 0.2) is 24.3 Å². The average Bonchev–Trinajstić information content (AvgIpc) is 2.45. The summed E-state index contributed by atoms with van der Waals surface area (Å²) < 4.78 is 37.8. The summed E-state index contributed by atoms with van der Waals surface area (Å²) in [4.78, 5) is 0. The monoisotopic (exact) mass is 203 g/mol. The standard InChI is InChI=1S/C8H8F3N3/c9-8(10,11)7(12)5-3-1-2-4-6(5)13-14-7/h1-4,13-14H,12H2. The molecule has 1 aliphatic rings. The topological polar surface area (TPSA) is 50.1 Å². The molecule has 1 aliphatic heterocycles. The molecular formula is C8H8F3N3. The van der Waals surface area contributed by atoms with Crippen LogP contribution in [0.3, 0.4) is 0 Å². The number of halogens is 3. The molecule has 2 rings (SSSR count). The van der Waals surface area contributed by atoms with E-state index in [-0.39, 0.29) is 5.56 Å². The molecule has 0 aliphatic carbocycles. The van der Waals surface area contributed by atoms with Crippen LogP contribution in [0.1, 0.15) is 5.56 Å². The molecule has 0 amide bonds. The zero-order chi connectivity index (χ0) is 10.4. The Morgan fingerprint density at radius 1 is 1.21 bits per heavy atom. The molecule has 0 fully saturated rings. The number of nitrogens with two attached hydrogens (primary N) is 1. The quantitative estimate of drug-likeness (QED) is 0.595. The van der Waals surface area contributed by atoms with Gasteiger partial charge >= 0.3 is 6.18 Å². The molecule has 0 radical (unpaired) electrons. The predicted molar refractivity (Wildman–Crippen MR) is 45.1 cm³/mol. The molecule has 0 spiro atoms. The van der Waals surface area contributed by atoms with Gasteiger partial charge in [0.15, 0.2) is 0 Å². The third-order valence-electron chi connectivity index (χ3n) is 2.19. The number of fused-ring (bicyclic) bond motifs is 1. The first-order valence-electron chi connectivity index (χ1n) is 3.93.